The standard InChI is InChI=1S/C14H17N3O4/c18-12-4-2-1-3-9(12)8-15-14-16-11-6-5-10(17(19)20)7-13(11)21-14/h5-7,9,12,18H,1-4,8H2,(H,15,16). The van der Waals surface area contributed by atoms with Crippen molar-refractivity contribution in [2.45, 2.75) is 31.8 Å². The maximum Gasteiger partial charge on any atom is 0.295 e. The molecule has 21 heavy (non-hydrogen) atoms. The number of fused-ring (bicyclic) bond motifs is 1. The van der Waals surface area contributed by atoms with Gasteiger partial charge in [-0.05, 0) is 18.9 Å². The summed E-state index contributed by atoms with van der Waals surface area (Å²) >= 11 is 0. The lowest BCUT2D eigenvalue weighted by atomic mass is 9.86. The van der Waals surface area contributed by atoms with Crippen LogP contribution < -0.4 is 5.32 Å². The van der Waals surface area contributed by atoms with E-state index in [9.17, 15) is 15.2 Å². The molecule has 2 N–H and O–H groups in total. The van der Waals surface area contributed by atoms with Crippen LogP contribution in [0.4, 0.5) is 11.7 Å². The van der Waals surface area contributed by atoms with Crippen LogP contribution in [0.2, 0.25) is 0 Å². The Balaban J connectivity index is 1.71. The lowest BCUT2D eigenvalue weighted by Gasteiger charge is -2.27. The molecular weight excluding hydrogens is 274 g/mol. The third-order valence-electron chi connectivity index (χ3n) is 3.97. The second kappa shape index (κ2) is 5.69. The van der Waals surface area contributed by atoms with E-state index in [4.69, 9.17) is 4.42 Å². The average molecular weight is 291 g/mol. The Hall–Kier alpha value is -2.15. The molecule has 7 nitrogen and oxygen atoms in total. The van der Waals surface area contributed by atoms with Crippen molar-refractivity contribution >= 4 is 22.8 Å². The quantitative estimate of drug-likeness (QED) is 0.663. The van der Waals surface area contributed by atoms with E-state index in [0.29, 0.717) is 23.7 Å². The highest BCUT2D eigenvalue weighted by Crippen LogP contribution is 2.26. The molecule has 0 amide bonds. The summed E-state index contributed by atoms with van der Waals surface area (Å²) in [6.45, 7) is 0.593. The maximum atomic E-state index is 10.7. The molecule has 1 aromatic heterocycles. The van der Waals surface area contributed by atoms with Crippen LogP contribution in [0.5, 0.6) is 0 Å². The van der Waals surface area contributed by atoms with E-state index < -0.39 is 4.92 Å². The molecule has 0 aliphatic heterocycles. The number of nitrogens with zero attached hydrogens (tertiary/aromatic N) is 2. The van der Waals surface area contributed by atoms with E-state index in [1.807, 2.05) is 0 Å². The first-order chi connectivity index (χ1) is 10.1. The number of hydrogen-bond acceptors (Lipinski definition) is 6. The Bertz CT molecular complexity index is 655. The van der Waals surface area contributed by atoms with Crippen LogP contribution in [0.15, 0.2) is 22.6 Å². The summed E-state index contributed by atoms with van der Waals surface area (Å²) in [5.41, 5.74) is 0.941. The highest BCUT2D eigenvalue weighted by Gasteiger charge is 2.23. The summed E-state index contributed by atoms with van der Waals surface area (Å²) in [4.78, 5) is 14.5. The number of benzene rings is 1. The zero-order valence-corrected chi connectivity index (χ0v) is 11.5. The SMILES string of the molecule is O=[N+]([O-])c1ccc2nc(NCC3CCCCC3O)oc2c1. The van der Waals surface area contributed by atoms with Crippen LogP contribution in [0.3, 0.4) is 0 Å². The fourth-order valence-electron chi connectivity index (χ4n) is 2.75. The third kappa shape index (κ3) is 2.97. The minimum atomic E-state index is -0.465. The summed E-state index contributed by atoms with van der Waals surface area (Å²) in [6.07, 6.45) is 3.75. The number of aliphatic hydroxyl groups excluding tert-OH is 1. The number of aliphatic hydroxyl groups is 1. The first-order valence-corrected chi connectivity index (χ1v) is 7.10. The predicted molar refractivity (Wildman–Crippen MR) is 77.1 cm³/mol. The molecular formula is C14H17N3O4. The van der Waals surface area contributed by atoms with E-state index in [-0.39, 0.29) is 17.7 Å². The summed E-state index contributed by atoms with van der Waals surface area (Å²) in [5.74, 6) is 0.197. The molecule has 7 heteroatoms. The number of rotatable bonds is 4. The minimum Gasteiger partial charge on any atom is -0.423 e. The maximum absolute atomic E-state index is 10.7. The number of non-ortho nitro benzene ring substituents is 1. The number of nitro groups is 1. The minimum absolute atomic E-state index is 0.0205. The number of hydrogen-bond donors (Lipinski definition) is 2. The lowest BCUT2D eigenvalue weighted by Crippen LogP contribution is -2.30. The van der Waals surface area contributed by atoms with Gasteiger partial charge in [0.2, 0.25) is 0 Å². The van der Waals surface area contributed by atoms with Gasteiger partial charge in [-0.2, -0.15) is 4.98 Å². The highest BCUT2D eigenvalue weighted by molar-refractivity contribution is 5.77. The number of aromatic nitrogens is 1. The zero-order chi connectivity index (χ0) is 14.8. The summed E-state index contributed by atoms with van der Waals surface area (Å²) < 4.78 is 5.48. The number of oxazole rings is 1. The van der Waals surface area contributed by atoms with Crippen molar-refractivity contribution in [2.24, 2.45) is 5.92 Å². The summed E-state index contributed by atoms with van der Waals surface area (Å²) in [7, 11) is 0. The Labute approximate surface area is 121 Å². The van der Waals surface area contributed by atoms with Gasteiger partial charge in [0, 0.05) is 18.5 Å². The molecule has 0 bridgehead atoms. The molecule has 2 atom stereocenters. The molecule has 1 aliphatic carbocycles. The van der Waals surface area contributed by atoms with Gasteiger partial charge in [-0.25, -0.2) is 0 Å². The summed E-state index contributed by atoms with van der Waals surface area (Å²) in [6, 6.07) is 4.67. The smallest absolute Gasteiger partial charge is 0.295 e. The zero-order valence-electron chi connectivity index (χ0n) is 11.5. The molecule has 3 rings (SSSR count). The third-order valence-corrected chi connectivity index (χ3v) is 3.97. The van der Waals surface area contributed by atoms with Crippen LogP contribution in [-0.4, -0.2) is 27.7 Å². The van der Waals surface area contributed by atoms with E-state index >= 15 is 0 Å². The predicted octanol–water partition coefficient (Wildman–Crippen LogP) is 2.70. The number of anilines is 1. The van der Waals surface area contributed by atoms with Gasteiger partial charge in [0.05, 0.1) is 17.1 Å². The van der Waals surface area contributed by atoms with Crippen LogP contribution in [0.1, 0.15) is 25.7 Å². The van der Waals surface area contributed by atoms with Crippen molar-refractivity contribution in [1.29, 1.82) is 0 Å². The molecule has 1 saturated carbocycles. The Morgan fingerprint density at radius 1 is 1.43 bits per heavy atom. The Kier molecular flexibility index (Phi) is 3.74. The van der Waals surface area contributed by atoms with E-state index in [1.165, 1.54) is 12.1 Å². The van der Waals surface area contributed by atoms with Crippen molar-refractivity contribution in [3.8, 4) is 0 Å². The second-order valence-corrected chi connectivity index (χ2v) is 5.42. The normalized spacial score (nSPS) is 22.3. The van der Waals surface area contributed by atoms with E-state index in [1.54, 1.807) is 6.07 Å². The number of nitrogens with one attached hydrogen (secondary N) is 1. The first-order valence-electron chi connectivity index (χ1n) is 7.10. The molecule has 0 radical (unpaired) electrons. The van der Waals surface area contributed by atoms with Crippen molar-refractivity contribution in [3.05, 3.63) is 28.3 Å². The van der Waals surface area contributed by atoms with Crippen molar-refractivity contribution in [1.82, 2.24) is 4.98 Å². The van der Waals surface area contributed by atoms with Gasteiger partial charge in [0.15, 0.2) is 5.58 Å². The first kappa shape index (κ1) is 13.8. The van der Waals surface area contributed by atoms with Crippen LogP contribution in [0.25, 0.3) is 11.1 Å². The van der Waals surface area contributed by atoms with Gasteiger partial charge < -0.3 is 14.8 Å². The fourth-order valence-corrected chi connectivity index (χ4v) is 2.75. The van der Waals surface area contributed by atoms with Gasteiger partial charge in [0.1, 0.15) is 5.52 Å². The Morgan fingerprint density at radius 2 is 2.24 bits per heavy atom. The molecule has 1 aromatic carbocycles. The molecule has 2 unspecified atom stereocenters. The second-order valence-electron chi connectivity index (χ2n) is 5.42. The Morgan fingerprint density at radius 3 is 3.00 bits per heavy atom. The molecule has 0 saturated heterocycles. The van der Waals surface area contributed by atoms with E-state index in [2.05, 4.69) is 10.3 Å². The monoisotopic (exact) mass is 291 g/mol. The van der Waals surface area contributed by atoms with Gasteiger partial charge in [-0.3, -0.25) is 10.1 Å². The van der Waals surface area contributed by atoms with Crippen molar-refractivity contribution < 1.29 is 14.4 Å². The van der Waals surface area contributed by atoms with Gasteiger partial charge in [-0.1, -0.05) is 12.8 Å². The topological polar surface area (TPSA) is 101 Å². The van der Waals surface area contributed by atoms with Crippen LogP contribution in [-0.2, 0) is 0 Å². The molecule has 0 spiro atoms. The van der Waals surface area contributed by atoms with Crippen molar-refractivity contribution in [2.75, 3.05) is 11.9 Å². The molecule has 1 aliphatic rings. The van der Waals surface area contributed by atoms with Gasteiger partial charge >= 0.3 is 0 Å². The summed E-state index contributed by atoms with van der Waals surface area (Å²) in [5, 5.41) is 23.7. The fraction of sp³-hybridized carbons (Fsp3) is 0.500. The van der Waals surface area contributed by atoms with Gasteiger partial charge in [0.25, 0.3) is 11.7 Å². The lowest BCUT2D eigenvalue weighted by molar-refractivity contribution is -0.384. The molecule has 2 aromatic rings. The van der Waals surface area contributed by atoms with E-state index in [0.717, 1.165) is 25.7 Å². The van der Waals surface area contributed by atoms with Crippen LogP contribution in [0, 0.1) is 16.0 Å². The highest BCUT2D eigenvalue weighted by atomic mass is 16.6. The molecule has 1 heterocycles. The average Bonchev–Trinajstić information content (AvgIpc) is 2.88. The van der Waals surface area contributed by atoms with Crippen LogP contribution >= 0.6 is 0 Å². The molecule has 1 fully saturated rings. The number of nitro benzene ring substituents is 1. The van der Waals surface area contributed by atoms with Gasteiger partial charge in [-0.15, -0.1) is 0 Å². The molecule has 112 valence electrons. The largest absolute Gasteiger partial charge is 0.423 e. The van der Waals surface area contributed by atoms with Crippen molar-refractivity contribution in [3.63, 3.8) is 0 Å².